The average Bonchev–Trinajstić information content (AvgIpc) is 2.83. The van der Waals surface area contributed by atoms with Crippen LogP contribution in [0.25, 0.3) is 0 Å². The summed E-state index contributed by atoms with van der Waals surface area (Å²) >= 11 is 0. The van der Waals surface area contributed by atoms with Crippen molar-refractivity contribution < 1.29 is 76.2 Å². The summed E-state index contributed by atoms with van der Waals surface area (Å²) in [6.07, 6.45) is -1.09. The largest absolute Gasteiger partial charge is 1.00 e. The smallest absolute Gasteiger partial charge is 1.00 e. The normalized spacial score (nSPS) is 16.1. The fourth-order valence-electron chi connectivity index (χ4n) is 3.08. The van der Waals surface area contributed by atoms with E-state index < -0.39 is 62.7 Å². The van der Waals surface area contributed by atoms with Crippen LogP contribution in [0, 0.1) is 0 Å². The summed E-state index contributed by atoms with van der Waals surface area (Å²) in [5.41, 5.74) is 1.26. The van der Waals surface area contributed by atoms with Crippen LogP contribution in [0.4, 0.5) is 4.79 Å². The number of esters is 1. The molecule has 1 aliphatic rings. The van der Waals surface area contributed by atoms with Gasteiger partial charge in [-0.25, -0.2) is 27.0 Å². The number of carbonyl (C=O) groups is 3. The Morgan fingerprint density at radius 3 is 1.97 bits per heavy atom. The molecule has 1 heterocycles. The molecule has 0 radical (unpaired) electrons. The van der Waals surface area contributed by atoms with Crippen LogP contribution in [0.1, 0.15) is 12.6 Å². The van der Waals surface area contributed by atoms with Crippen molar-refractivity contribution >= 4 is 38.3 Å². The number of nitrogens with one attached hydrogen (secondary N) is 2. The number of amides is 2. The Bertz CT molecular complexity index is 1320. The third-order valence-electron chi connectivity index (χ3n) is 4.89. The molecule has 1 aliphatic heterocycles. The number of benzene rings is 2. The zero-order valence-corrected chi connectivity index (χ0v) is 23.3. The van der Waals surface area contributed by atoms with Gasteiger partial charge >= 0.3 is 51.9 Å². The van der Waals surface area contributed by atoms with Crippen LogP contribution < -0.4 is 39.6 Å². The quantitative estimate of drug-likeness (QED) is 0.110. The first-order chi connectivity index (χ1) is 16.9. The van der Waals surface area contributed by atoms with Gasteiger partial charge in [0.15, 0.2) is 0 Å². The first kappa shape index (κ1) is 30.7. The topological polar surface area (TPSA) is 185 Å². The molecule has 2 atom stereocenters. The van der Waals surface area contributed by atoms with Crippen molar-refractivity contribution in [2.24, 2.45) is 0 Å². The SMILES string of the molecule is O=C(NC(CS(=O)(=O)NC1CN(S(=O)(=O)O)C1=O)C(=O)OCc1ccccc1)OCc1ccccc1.[H-].[Na+]. The second-order valence-electron chi connectivity index (χ2n) is 7.65. The first-order valence-corrected chi connectivity index (χ1v) is 13.5. The van der Waals surface area contributed by atoms with E-state index in [4.69, 9.17) is 14.0 Å². The number of hydrogen-bond acceptors (Lipinski definition) is 9. The molecular weight excluding hydrogens is 541 g/mol. The molecule has 2 aromatic carbocycles. The molecule has 0 aliphatic carbocycles. The molecule has 3 rings (SSSR count). The third-order valence-corrected chi connectivity index (χ3v) is 7.19. The molecule has 196 valence electrons. The van der Waals surface area contributed by atoms with Gasteiger partial charge in [-0.3, -0.25) is 9.35 Å². The van der Waals surface area contributed by atoms with E-state index in [1.165, 1.54) is 0 Å². The molecule has 2 aromatic rings. The Hall–Kier alpha value is -2.53. The van der Waals surface area contributed by atoms with E-state index >= 15 is 0 Å². The molecule has 16 heteroatoms. The van der Waals surface area contributed by atoms with Crippen molar-refractivity contribution in [2.45, 2.75) is 25.3 Å². The first-order valence-electron chi connectivity index (χ1n) is 10.4. The summed E-state index contributed by atoms with van der Waals surface area (Å²) in [5, 5.41) is 2.15. The maximum Gasteiger partial charge on any atom is 1.00 e. The summed E-state index contributed by atoms with van der Waals surface area (Å²) in [4.78, 5) is 36.8. The number of sulfonamides is 1. The number of β-lactam (4-membered cyclic amide) rings is 1. The van der Waals surface area contributed by atoms with Crippen LogP contribution >= 0.6 is 0 Å². The van der Waals surface area contributed by atoms with Crippen LogP contribution in [-0.4, -0.2) is 68.0 Å². The minimum Gasteiger partial charge on any atom is -1.00 e. The molecule has 0 saturated carbocycles. The average molecular weight is 566 g/mol. The number of nitrogens with zero attached hydrogens (tertiary/aromatic N) is 1. The van der Waals surface area contributed by atoms with Gasteiger partial charge in [0.1, 0.15) is 25.3 Å². The van der Waals surface area contributed by atoms with E-state index in [9.17, 15) is 31.2 Å². The molecule has 0 aromatic heterocycles. The van der Waals surface area contributed by atoms with Crippen molar-refractivity contribution in [3.05, 3.63) is 71.8 Å². The predicted molar refractivity (Wildman–Crippen MR) is 125 cm³/mol. The fraction of sp³-hybridized carbons (Fsp3) is 0.286. The number of carbonyl (C=O) groups excluding carboxylic acids is 3. The van der Waals surface area contributed by atoms with Gasteiger partial charge in [0.25, 0.3) is 5.91 Å². The number of alkyl carbamates (subject to hydrolysis) is 1. The Balaban J connectivity index is 0.00000361. The van der Waals surface area contributed by atoms with Crippen molar-refractivity contribution in [2.75, 3.05) is 12.3 Å². The van der Waals surface area contributed by atoms with E-state index in [0.717, 1.165) is 0 Å². The summed E-state index contributed by atoms with van der Waals surface area (Å²) in [6.45, 7) is -0.979. The molecule has 2 amide bonds. The number of rotatable bonds is 11. The minimum atomic E-state index is -4.82. The molecule has 37 heavy (non-hydrogen) atoms. The minimum absolute atomic E-state index is 0. The summed E-state index contributed by atoms with van der Waals surface area (Å²) in [5.74, 6) is -3.31. The van der Waals surface area contributed by atoms with E-state index in [2.05, 4.69) is 5.32 Å². The standard InChI is InChI=1S/C21H23N3O10S2.Na.H/c25-19-17(11-24(19)36(30,31)32)23-35(28,29)14-18(20(26)33-12-15-7-3-1-4-8-15)22-21(27)34-13-16-9-5-2-6-10-16;;/h1-10,17-18,23H,11-14H2,(H,22,27)(H,30,31,32);;/q;+1;-1. The molecule has 0 bridgehead atoms. The van der Waals surface area contributed by atoms with Crippen molar-refractivity contribution in [1.82, 2.24) is 14.3 Å². The Morgan fingerprint density at radius 2 is 1.49 bits per heavy atom. The Morgan fingerprint density at radius 1 is 0.973 bits per heavy atom. The summed E-state index contributed by atoms with van der Waals surface area (Å²) < 4.78 is 68.4. The van der Waals surface area contributed by atoms with E-state index in [-0.39, 0.29) is 48.5 Å². The fourth-order valence-corrected chi connectivity index (χ4v) is 5.14. The van der Waals surface area contributed by atoms with Gasteiger partial charge in [0.05, 0.1) is 12.3 Å². The van der Waals surface area contributed by atoms with Gasteiger partial charge in [0.2, 0.25) is 10.0 Å². The second kappa shape index (κ2) is 13.3. The number of hydrogen-bond donors (Lipinski definition) is 3. The van der Waals surface area contributed by atoms with Crippen LogP contribution in [-0.2, 0) is 52.6 Å². The van der Waals surface area contributed by atoms with E-state index in [1.807, 2.05) is 4.72 Å². The summed E-state index contributed by atoms with van der Waals surface area (Å²) in [6, 6.07) is 13.9. The summed E-state index contributed by atoms with van der Waals surface area (Å²) in [7, 11) is -9.25. The zero-order chi connectivity index (χ0) is 26.3. The molecular formula is C21H24N3NaO10S2. The van der Waals surface area contributed by atoms with Gasteiger partial charge < -0.3 is 16.2 Å². The van der Waals surface area contributed by atoms with Crippen molar-refractivity contribution in [1.29, 1.82) is 0 Å². The van der Waals surface area contributed by atoms with Gasteiger partial charge in [0, 0.05) is 0 Å². The Labute approximate surface area is 237 Å². The van der Waals surface area contributed by atoms with Gasteiger partial charge in [-0.2, -0.15) is 8.42 Å². The number of ether oxygens (including phenoxy) is 2. The maximum absolute atomic E-state index is 12.6. The molecule has 0 spiro atoms. The molecule has 2 unspecified atom stereocenters. The van der Waals surface area contributed by atoms with Crippen LogP contribution in [0.3, 0.4) is 0 Å². The van der Waals surface area contributed by atoms with Crippen molar-refractivity contribution in [3.8, 4) is 0 Å². The second-order valence-corrected chi connectivity index (χ2v) is 10.8. The van der Waals surface area contributed by atoms with Crippen molar-refractivity contribution in [3.63, 3.8) is 0 Å². The van der Waals surface area contributed by atoms with Gasteiger partial charge in [-0.05, 0) is 11.1 Å². The van der Waals surface area contributed by atoms with Gasteiger partial charge in [-0.1, -0.05) is 60.7 Å². The Kier molecular flexibility index (Phi) is 11.0. The van der Waals surface area contributed by atoms with E-state index in [1.54, 1.807) is 60.7 Å². The molecule has 1 saturated heterocycles. The van der Waals surface area contributed by atoms with Crippen LogP contribution in [0.15, 0.2) is 60.7 Å². The molecule has 3 N–H and O–H groups in total. The monoisotopic (exact) mass is 565 g/mol. The van der Waals surface area contributed by atoms with Crippen LogP contribution in [0.2, 0.25) is 0 Å². The van der Waals surface area contributed by atoms with Crippen LogP contribution in [0.5, 0.6) is 0 Å². The van der Waals surface area contributed by atoms with Gasteiger partial charge in [-0.15, -0.1) is 0 Å². The molecule has 13 nitrogen and oxygen atoms in total. The third kappa shape index (κ3) is 9.37. The zero-order valence-electron chi connectivity index (χ0n) is 20.6. The van der Waals surface area contributed by atoms with E-state index in [0.29, 0.717) is 11.1 Å². The predicted octanol–water partition coefficient (Wildman–Crippen LogP) is -2.93. The maximum atomic E-state index is 12.6. The molecule has 1 fully saturated rings.